The molecule has 0 radical (unpaired) electrons. The maximum atomic E-state index is 13.2. The largest absolute Gasteiger partial charge is 0.379 e. The summed E-state index contributed by atoms with van der Waals surface area (Å²) in [6.45, 7) is 0. The quantitative estimate of drug-likeness (QED) is 0.755. The Labute approximate surface area is 126 Å². The topological polar surface area (TPSA) is 35.8 Å². The third-order valence-corrected chi connectivity index (χ3v) is 4.44. The summed E-state index contributed by atoms with van der Waals surface area (Å²) >= 11 is 9.39. The average molecular weight is 346 g/mol. The molecular weight excluding hydrogens is 331 g/mol. The van der Waals surface area contributed by atoms with Crippen LogP contribution in [0.15, 0.2) is 16.6 Å². The second kappa shape index (κ2) is 6.58. The van der Waals surface area contributed by atoms with E-state index in [4.69, 9.17) is 11.6 Å². The highest BCUT2D eigenvalue weighted by Gasteiger charge is 2.24. The Morgan fingerprint density at radius 2 is 2.05 bits per heavy atom. The fraction of sp³-hybridized carbons (Fsp3) is 0.500. The number of anilines is 1. The Morgan fingerprint density at radius 1 is 1.32 bits per heavy atom. The van der Waals surface area contributed by atoms with E-state index < -0.39 is 0 Å². The molecule has 5 heteroatoms. The molecule has 0 amide bonds. The monoisotopic (exact) mass is 344 g/mol. The highest BCUT2D eigenvalue weighted by molar-refractivity contribution is 9.10. The van der Waals surface area contributed by atoms with Crippen molar-refractivity contribution in [1.29, 1.82) is 5.26 Å². The fourth-order valence-corrected chi connectivity index (χ4v) is 3.42. The van der Waals surface area contributed by atoms with E-state index in [1.807, 2.05) is 0 Å². The van der Waals surface area contributed by atoms with Gasteiger partial charge in [-0.2, -0.15) is 5.26 Å². The number of nitrogens with one attached hydrogen (secondary N) is 1. The van der Waals surface area contributed by atoms with Crippen molar-refractivity contribution in [3.63, 3.8) is 0 Å². The van der Waals surface area contributed by atoms with Gasteiger partial charge in [0.1, 0.15) is 5.82 Å². The van der Waals surface area contributed by atoms with E-state index in [0.717, 1.165) is 32.1 Å². The molecule has 2 nitrogen and oxygen atoms in total. The van der Waals surface area contributed by atoms with Crippen LogP contribution in [0, 0.1) is 23.1 Å². The zero-order valence-corrected chi connectivity index (χ0v) is 12.8. The van der Waals surface area contributed by atoms with Crippen molar-refractivity contribution in [1.82, 2.24) is 0 Å². The lowest BCUT2D eigenvalue weighted by Crippen LogP contribution is -2.27. The smallest absolute Gasteiger partial charge is 0.125 e. The molecule has 0 aromatic heterocycles. The van der Waals surface area contributed by atoms with Gasteiger partial charge in [-0.25, -0.2) is 4.39 Å². The van der Waals surface area contributed by atoms with Crippen LogP contribution in [0.2, 0.25) is 5.02 Å². The summed E-state index contributed by atoms with van der Waals surface area (Å²) in [7, 11) is 0. The van der Waals surface area contributed by atoms with E-state index in [9.17, 15) is 9.65 Å². The number of nitrogens with zero attached hydrogens (tertiary/aromatic N) is 1. The lowest BCUT2D eigenvalue weighted by atomic mass is 9.96. The summed E-state index contributed by atoms with van der Waals surface area (Å²) in [6.07, 6.45) is 5.21. The normalized spacial score (nSPS) is 23.5. The second-order valence-electron chi connectivity index (χ2n) is 4.87. The van der Waals surface area contributed by atoms with Crippen LogP contribution in [0.25, 0.3) is 0 Å². The van der Waals surface area contributed by atoms with Gasteiger partial charge >= 0.3 is 0 Å². The molecule has 2 rings (SSSR count). The van der Waals surface area contributed by atoms with Gasteiger partial charge < -0.3 is 5.32 Å². The van der Waals surface area contributed by atoms with Crippen LogP contribution < -0.4 is 5.32 Å². The Morgan fingerprint density at radius 3 is 2.74 bits per heavy atom. The highest BCUT2D eigenvalue weighted by atomic mass is 79.9. The summed E-state index contributed by atoms with van der Waals surface area (Å²) < 4.78 is 13.8. The van der Waals surface area contributed by atoms with Gasteiger partial charge in [-0.15, -0.1) is 0 Å². The van der Waals surface area contributed by atoms with E-state index in [-0.39, 0.29) is 17.8 Å². The van der Waals surface area contributed by atoms with Gasteiger partial charge in [0.25, 0.3) is 0 Å². The van der Waals surface area contributed by atoms with Crippen LogP contribution in [0.3, 0.4) is 0 Å². The summed E-state index contributed by atoms with van der Waals surface area (Å²) in [4.78, 5) is 0. The van der Waals surface area contributed by atoms with Crippen molar-refractivity contribution in [2.75, 3.05) is 5.32 Å². The number of hydrogen-bond acceptors (Lipinski definition) is 2. The van der Waals surface area contributed by atoms with Crippen molar-refractivity contribution in [3.05, 3.63) is 27.4 Å². The summed E-state index contributed by atoms with van der Waals surface area (Å²) in [6, 6.07) is 5.11. The molecule has 0 saturated heterocycles. The molecule has 0 spiro atoms. The van der Waals surface area contributed by atoms with Crippen LogP contribution in [-0.4, -0.2) is 6.04 Å². The molecule has 0 bridgehead atoms. The van der Waals surface area contributed by atoms with Gasteiger partial charge in [-0.3, -0.25) is 0 Å². The first kappa shape index (κ1) is 14.6. The lowest BCUT2D eigenvalue weighted by molar-refractivity contribution is 0.514. The molecule has 2 unspecified atom stereocenters. The van der Waals surface area contributed by atoms with Crippen molar-refractivity contribution in [2.24, 2.45) is 5.92 Å². The minimum Gasteiger partial charge on any atom is -0.379 e. The van der Waals surface area contributed by atoms with Crippen LogP contribution in [0.4, 0.5) is 10.1 Å². The van der Waals surface area contributed by atoms with Crippen LogP contribution in [0.1, 0.15) is 32.1 Å². The fourth-order valence-electron chi connectivity index (χ4n) is 2.50. The van der Waals surface area contributed by atoms with Gasteiger partial charge in [0.2, 0.25) is 0 Å². The van der Waals surface area contributed by atoms with E-state index in [0.29, 0.717) is 15.2 Å². The first-order valence-corrected chi connectivity index (χ1v) is 7.59. The van der Waals surface area contributed by atoms with Gasteiger partial charge in [0.15, 0.2) is 0 Å². The maximum Gasteiger partial charge on any atom is 0.125 e. The van der Waals surface area contributed by atoms with Gasteiger partial charge in [0, 0.05) is 10.5 Å². The average Bonchev–Trinajstić information content (AvgIpc) is 2.58. The molecular formula is C14H15BrClFN2. The zero-order valence-electron chi connectivity index (χ0n) is 10.4. The van der Waals surface area contributed by atoms with E-state index in [1.165, 1.54) is 12.1 Å². The first-order chi connectivity index (χ1) is 9.11. The molecule has 19 heavy (non-hydrogen) atoms. The Kier molecular flexibility index (Phi) is 5.06. The number of hydrogen-bond donors (Lipinski definition) is 1. The summed E-state index contributed by atoms with van der Waals surface area (Å²) in [5.41, 5.74) is 0.676. The molecule has 1 aromatic carbocycles. The van der Waals surface area contributed by atoms with E-state index >= 15 is 0 Å². The molecule has 1 N–H and O–H groups in total. The molecule has 0 heterocycles. The van der Waals surface area contributed by atoms with E-state index in [1.54, 1.807) is 0 Å². The van der Waals surface area contributed by atoms with Crippen molar-refractivity contribution >= 4 is 33.2 Å². The Bertz CT molecular complexity index is 478. The summed E-state index contributed by atoms with van der Waals surface area (Å²) in [5.74, 6) is -0.393. The molecule has 102 valence electrons. The van der Waals surface area contributed by atoms with Gasteiger partial charge in [-0.05, 0) is 40.9 Å². The minimum absolute atomic E-state index is 0.0180. The number of nitriles is 1. The number of halogens is 3. The van der Waals surface area contributed by atoms with Crippen LogP contribution in [0.5, 0.6) is 0 Å². The predicted octanol–water partition coefficient (Wildman–Crippen LogP) is 5.13. The summed E-state index contributed by atoms with van der Waals surface area (Å²) in [5, 5.41) is 12.9. The molecule has 0 aliphatic heterocycles. The van der Waals surface area contributed by atoms with Crippen molar-refractivity contribution in [2.45, 2.75) is 38.1 Å². The minimum atomic E-state index is -0.375. The Hall–Kier alpha value is -0.790. The van der Waals surface area contributed by atoms with Crippen molar-refractivity contribution < 1.29 is 4.39 Å². The SMILES string of the molecule is N#CC1CCCCCC1Nc1c(Cl)cc(F)cc1Br. The number of rotatable bonds is 2. The molecule has 1 aromatic rings. The molecule has 1 aliphatic rings. The maximum absolute atomic E-state index is 13.2. The van der Waals surface area contributed by atoms with Crippen LogP contribution in [-0.2, 0) is 0 Å². The van der Waals surface area contributed by atoms with Crippen LogP contribution >= 0.6 is 27.5 Å². The third-order valence-electron chi connectivity index (χ3n) is 3.52. The van der Waals surface area contributed by atoms with Gasteiger partial charge in [0.05, 0.1) is 22.7 Å². The molecule has 1 aliphatic carbocycles. The zero-order chi connectivity index (χ0) is 13.8. The predicted molar refractivity (Wildman–Crippen MR) is 78.7 cm³/mol. The Balaban J connectivity index is 2.22. The lowest BCUT2D eigenvalue weighted by Gasteiger charge is -2.23. The molecule has 1 saturated carbocycles. The molecule has 2 atom stereocenters. The third kappa shape index (κ3) is 3.61. The number of benzene rings is 1. The van der Waals surface area contributed by atoms with E-state index in [2.05, 4.69) is 27.3 Å². The van der Waals surface area contributed by atoms with Gasteiger partial charge in [-0.1, -0.05) is 30.9 Å². The second-order valence-corrected chi connectivity index (χ2v) is 6.13. The highest BCUT2D eigenvalue weighted by Crippen LogP contribution is 2.35. The first-order valence-electron chi connectivity index (χ1n) is 6.42. The molecule has 1 fully saturated rings. The van der Waals surface area contributed by atoms with Crippen molar-refractivity contribution in [3.8, 4) is 6.07 Å². The standard InChI is InChI=1S/C14H15BrClFN2/c15-11-6-10(17)7-12(16)14(11)19-13-5-3-1-2-4-9(13)8-18/h6-7,9,13,19H,1-5H2.